The molecule has 2 aromatic heterocycles. The van der Waals surface area contributed by atoms with Crippen molar-refractivity contribution in [1.82, 2.24) is 19.6 Å². The number of imidazole rings is 1. The average molecular weight is 485 g/mol. The summed E-state index contributed by atoms with van der Waals surface area (Å²) in [6.45, 7) is 3.84. The van der Waals surface area contributed by atoms with E-state index in [0.29, 0.717) is 24.0 Å². The van der Waals surface area contributed by atoms with Crippen LogP contribution in [0.25, 0.3) is 11.7 Å². The molecule has 1 saturated heterocycles. The quantitative estimate of drug-likeness (QED) is 0.482. The van der Waals surface area contributed by atoms with Crippen LogP contribution in [0.1, 0.15) is 25.0 Å². The number of halogens is 2. The molecule has 6 nitrogen and oxygen atoms in total. The second-order valence-electron chi connectivity index (χ2n) is 8.62. The van der Waals surface area contributed by atoms with Gasteiger partial charge in [0.15, 0.2) is 11.6 Å². The van der Waals surface area contributed by atoms with E-state index in [0.717, 1.165) is 61.3 Å². The van der Waals surface area contributed by atoms with Gasteiger partial charge in [0, 0.05) is 19.2 Å². The fourth-order valence-corrected chi connectivity index (χ4v) is 5.41. The number of hydrogen-bond acceptors (Lipinski definition) is 5. The molecule has 0 unspecified atom stereocenters. The van der Waals surface area contributed by atoms with Gasteiger partial charge in [-0.3, -0.25) is 9.20 Å². The van der Waals surface area contributed by atoms with Crippen molar-refractivity contribution >= 4 is 29.4 Å². The Bertz CT molecular complexity index is 1220. The highest BCUT2D eigenvalue weighted by atomic mass is 32.2. The maximum atomic E-state index is 13.6. The molecule has 178 valence electrons. The summed E-state index contributed by atoms with van der Waals surface area (Å²) in [4.78, 5) is 20.2. The first-order valence-electron chi connectivity index (χ1n) is 11.5. The van der Waals surface area contributed by atoms with Gasteiger partial charge in [-0.25, -0.2) is 13.8 Å². The van der Waals surface area contributed by atoms with E-state index in [4.69, 9.17) is 4.74 Å². The van der Waals surface area contributed by atoms with Crippen LogP contribution in [0, 0.1) is 17.6 Å². The van der Waals surface area contributed by atoms with Crippen LogP contribution in [0.5, 0.6) is 5.75 Å². The highest BCUT2D eigenvalue weighted by Crippen LogP contribution is 2.34. The molecule has 3 aromatic rings. The van der Waals surface area contributed by atoms with Gasteiger partial charge in [0.2, 0.25) is 0 Å². The predicted octanol–water partition coefficient (Wildman–Crippen LogP) is 4.36. The van der Waals surface area contributed by atoms with Gasteiger partial charge in [-0.1, -0.05) is 17.8 Å². The van der Waals surface area contributed by atoms with Gasteiger partial charge >= 0.3 is 0 Å². The molecule has 34 heavy (non-hydrogen) atoms. The van der Waals surface area contributed by atoms with Crippen molar-refractivity contribution in [2.24, 2.45) is 5.92 Å². The summed E-state index contributed by atoms with van der Waals surface area (Å²) in [5, 5.41) is 4.11. The van der Waals surface area contributed by atoms with Gasteiger partial charge in [-0.05, 0) is 68.6 Å². The Morgan fingerprint density at radius 3 is 2.88 bits per heavy atom. The number of carbonyl (C=O) groups excluding carboxylic acids is 1. The number of aromatic nitrogens is 2. The molecule has 4 heterocycles. The van der Waals surface area contributed by atoms with Crippen molar-refractivity contribution in [3.8, 4) is 5.75 Å². The number of thioether (sulfide) groups is 1. The Morgan fingerprint density at radius 1 is 1.21 bits per heavy atom. The molecule has 2 aliphatic rings. The summed E-state index contributed by atoms with van der Waals surface area (Å²) >= 11 is 1.47. The van der Waals surface area contributed by atoms with E-state index >= 15 is 0 Å². The van der Waals surface area contributed by atoms with Crippen LogP contribution in [0.15, 0.2) is 52.5 Å². The second-order valence-corrected chi connectivity index (χ2v) is 9.69. The Labute approximate surface area is 201 Å². The summed E-state index contributed by atoms with van der Waals surface area (Å²) in [5.41, 5.74) is 1.81. The zero-order valence-corrected chi connectivity index (χ0v) is 19.5. The van der Waals surface area contributed by atoms with Gasteiger partial charge in [0.25, 0.3) is 5.91 Å². The lowest BCUT2D eigenvalue weighted by molar-refractivity contribution is -0.117. The molecule has 1 amide bonds. The van der Waals surface area contributed by atoms with E-state index in [1.54, 1.807) is 6.20 Å². The van der Waals surface area contributed by atoms with Gasteiger partial charge in [0.1, 0.15) is 11.5 Å². The molecular weight excluding hydrogens is 458 g/mol. The molecule has 9 heteroatoms. The number of ether oxygens (including phenoxy) is 1. The third-order valence-electron chi connectivity index (χ3n) is 6.27. The largest absolute Gasteiger partial charge is 0.490 e. The van der Waals surface area contributed by atoms with Crippen LogP contribution in [-0.4, -0.2) is 53.0 Å². The Hall–Kier alpha value is -2.91. The van der Waals surface area contributed by atoms with Crippen LogP contribution in [0.4, 0.5) is 8.78 Å². The van der Waals surface area contributed by atoms with Crippen LogP contribution >= 0.6 is 11.8 Å². The Balaban J connectivity index is 1.02. The van der Waals surface area contributed by atoms with Gasteiger partial charge in [-0.2, -0.15) is 0 Å². The SMILES string of the molecule is O=C(NCC1CCN(CCCOc2ccc(F)cc2F)CC1)C1=Cc2cnc3cccc(n23)S1. The predicted molar refractivity (Wildman–Crippen MR) is 128 cm³/mol. The van der Waals surface area contributed by atoms with E-state index in [-0.39, 0.29) is 11.7 Å². The van der Waals surface area contributed by atoms with Gasteiger partial charge in [-0.15, -0.1) is 0 Å². The fourth-order valence-electron chi connectivity index (χ4n) is 4.40. The van der Waals surface area contributed by atoms with Crippen LogP contribution < -0.4 is 10.1 Å². The number of nitrogens with one attached hydrogen (secondary N) is 1. The highest BCUT2D eigenvalue weighted by Gasteiger charge is 2.23. The number of amides is 1. The third kappa shape index (κ3) is 5.10. The number of benzene rings is 1. The van der Waals surface area contributed by atoms with E-state index < -0.39 is 11.6 Å². The normalized spacial score (nSPS) is 16.5. The fraction of sp³-hybridized carbons (Fsp3) is 0.360. The molecular formula is C25H26F2N4O2S. The summed E-state index contributed by atoms with van der Waals surface area (Å²) in [7, 11) is 0. The summed E-state index contributed by atoms with van der Waals surface area (Å²) in [6.07, 6.45) is 6.50. The minimum Gasteiger partial charge on any atom is -0.490 e. The monoisotopic (exact) mass is 484 g/mol. The van der Waals surface area contributed by atoms with Crippen LogP contribution in [0.2, 0.25) is 0 Å². The first-order chi connectivity index (χ1) is 16.6. The van der Waals surface area contributed by atoms with Crippen molar-refractivity contribution in [3.63, 3.8) is 0 Å². The molecule has 0 radical (unpaired) electrons. The van der Waals surface area contributed by atoms with Crippen molar-refractivity contribution < 1.29 is 18.3 Å². The topological polar surface area (TPSA) is 58.9 Å². The smallest absolute Gasteiger partial charge is 0.258 e. The minimum atomic E-state index is -0.673. The molecule has 1 aromatic carbocycles. The number of pyridine rings is 1. The van der Waals surface area contributed by atoms with Crippen LogP contribution in [0.3, 0.4) is 0 Å². The molecule has 0 saturated carbocycles. The van der Waals surface area contributed by atoms with Gasteiger partial charge < -0.3 is 15.0 Å². The number of rotatable bonds is 8. The lowest BCUT2D eigenvalue weighted by Crippen LogP contribution is -2.39. The number of piperidine rings is 1. The number of carbonyl (C=O) groups is 1. The maximum absolute atomic E-state index is 13.6. The Kier molecular flexibility index (Phi) is 6.82. The standard InChI is InChI=1S/C25H26F2N4O2S/c26-18-5-6-21(20(27)13-18)33-12-2-9-30-10-7-17(8-11-30)15-29-25(32)22-14-19-16-28-23-3-1-4-24(34-22)31(19)23/h1,3-6,13-14,16-17H,2,7-12,15H2,(H,29,32). The summed E-state index contributed by atoms with van der Waals surface area (Å²) in [6, 6.07) is 9.26. The first kappa shape index (κ1) is 22.9. The van der Waals surface area contributed by atoms with Crippen LogP contribution in [-0.2, 0) is 4.79 Å². The number of likely N-dealkylation sites (tertiary alicyclic amines) is 1. The van der Waals surface area contributed by atoms with Crippen molar-refractivity contribution in [2.75, 3.05) is 32.8 Å². The number of nitrogens with zero attached hydrogens (tertiary/aromatic N) is 3. The molecule has 1 fully saturated rings. The second kappa shape index (κ2) is 10.1. The van der Waals surface area contributed by atoms with E-state index in [1.807, 2.05) is 24.3 Å². The minimum absolute atomic E-state index is 0.0398. The molecule has 0 spiro atoms. The molecule has 1 N–H and O–H groups in total. The molecule has 2 aliphatic heterocycles. The molecule has 0 atom stereocenters. The zero-order chi connectivity index (χ0) is 23.5. The highest BCUT2D eigenvalue weighted by molar-refractivity contribution is 8.04. The maximum Gasteiger partial charge on any atom is 0.258 e. The van der Waals surface area contributed by atoms with E-state index in [2.05, 4.69) is 19.6 Å². The van der Waals surface area contributed by atoms with Crippen molar-refractivity contribution in [3.05, 3.63) is 64.8 Å². The average Bonchev–Trinajstić information content (AvgIpc) is 3.26. The lowest BCUT2D eigenvalue weighted by atomic mass is 9.96. The van der Waals surface area contributed by atoms with Crippen molar-refractivity contribution in [2.45, 2.75) is 24.3 Å². The van der Waals surface area contributed by atoms with Gasteiger partial charge in [0.05, 0.1) is 28.4 Å². The molecule has 0 bridgehead atoms. The Morgan fingerprint density at radius 2 is 2.06 bits per heavy atom. The molecule has 0 aliphatic carbocycles. The summed E-state index contributed by atoms with van der Waals surface area (Å²) in [5.74, 6) is -0.783. The van der Waals surface area contributed by atoms with E-state index in [1.165, 1.54) is 23.9 Å². The molecule has 5 rings (SSSR count). The zero-order valence-electron chi connectivity index (χ0n) is 18.7. The number of hydrogen-bond donors (Lipinski definition) is 1. The van der Waals surface area contributed by atoms with Crippen molar-refractivity contribution in [1.29, 1.82) is 0 Å². The van der Waals surface area contributed by atoms with E-state index in [9.17, 15) is 13.6 Å². The summed E-state index contributed by atoms with van der Waals surface area (Å²) < 4.78 is 34.1. The first-order valence-corrected chi connectivity index (χ1v) is 12.3. The third-order valence-corrected chi connectivity index (χ3v) is 7.32. The lowest BCUT2D eigenvalue weighted by Gasteiger charge is -2.32.